The van der Waals surface area contributed by atoms with Gasteiger partial charge in [0.15, 0.2) is 0 Å². The molecule has 1 rings (SSSR count). The van der Waals surface area contributed by atoms with E-state index in [1.807, 2.05) is 20.8 Å². The van der Waals surface area contributed by atoms with Crippen LogP contribution in [0.1, 0.15) is 47.0 Å². The molecule has 0 aromatic heterocycles. The fourth-order valence-electron chi connectivity index (χ4n) is 1.69. The van der Waals surface area contributed by atoms with E-state index in [1.165, 1.54) is 0 Å². The topological polar surface area (TPSA) is 46.6 Å². The maximum Gasteiger partial charge on any atom is 0.411 e. The van der Waals surface area contributed by atoms with Gasteiger partial charge < -0.3 is 9.53 Å². The molecule has 0 radical (unpaired) electrons. The molecule has 0 heterocycles. The number of rotatable bonds is 3. The average molecular weight is 227 g/mol. The van der Waals surface area contributed by atoms with Gasteiger partial charge in [-0.1, -0.05) is 0 Å². The first kappa shape index (κ1) is 13.0. The van der Waals surface area contributed by atoms with E-state index in [2.05, 4.69) is 0 Å². The summed E-state index contributed by atoms with van der Waals surface area (Å²) in [5.74, 6) is 0. The predicted octanol–water partition coefficient (Wildman–Crippen LogP) is 2.36. The van der Waals surface area contributed by atoms with Crippen LogP contribution in [0.2, 0.25) is 0 Å². The molecule has 4 heteroatoms. The molecule has 1 aliphatic carbocycles. The lowest BCUT2D eigenvalue weighted by atomic mass is 9.91. The summed E-state index contributed by atoms with van der Waals surface area (Å²) < 4.78 is 5.31. The highest BCUT2D eigenvalue weighted by atomic mass is 16.6. The minimum atomic E-state index is -0.512. The molecular formula is C12H21NO3. The van der Waals surface area contributed by atoms with Crippen molar-refractivity contribution in [2.24, 2.45) is 0 Å². The number of hydrogen-bond donors (Lipinski definition) is 0. The molecule has 0 spiro atoms. The number of carbonyl (C=O) groups excluding carboxylic acids is 2. The van der Waals surface area contributed by atoms with E-state index in [9.17, 15) is 9.59 Å². The fraction of sp³-hybridized carbons (Fsp3) is 0.833. The standard InChI is InChI=1S/C12H21NO3/c1-9(8-14)13(10-6-5-7-10)11(15)16-12(2,3)4/h8-10H,5-7H2,1-4H3. The van der Waals surface area contributed by atoms with Crippen LogP contribution in [0, 0.1) is 0 Å². The van der Waals surface area contributed by atoms with E-state index in [-0.39, 0.29) is 12.1 Å². The highest BCUT2D eigenvalue weighted by Gasteiger charge is 2.34. The molecule has 0 saturated heterocycles. The van der Waals surface area contributed by atoms with Gasteiger partial charge in [-0.15, -0.1) is 0 Å². The van der Waals surface area contributed by atoms with Crippen LogP contribution in [0.15, 0.2) is 0 Å². The lowest BCUT2D eigenvalue weighted by molar-refractivity contribution is -0.113. The Morgan fingerprint density at radius 1 is 1.44 bits per heavy atom. The van der Waals surface area contributed by atoms with Crippen LogP contribution in [-0.2, 0) is 9.53 Å². The summed E-state index contributed by atoms with van der Waals surface area (Å²) in [6.07, 6.45) is 3.48. The van der Waals surface area contributed by atoms with E-state index in [1.54, 1.807) is 11.8 Å². The molecular weight excluding hydrogens is 206 g/mol. The van der Waals surface area contributed by atoms with Crippen LogP contribution in [0.25, 0.3) is 0 Å². The quantitative estimate of drug-likeness (QED) is 0.695. The van der Waals surface area contributed by atoms with Crippen LogP contribution in [-0.4, -0.2) is 35.0 Å². The minimum absolute atomic E-state index is 0.176. The third-order valence-electron chi connectivity index (χ3n) is 2.71. The Balaban J connectivity index is 2.68. The van der Waals surface area contributed by atoms with Crippen LogP contribution in [0.3, 0.4) is 0 Å². The van der Waals surface area contributed by atoms with Crippen molar-refractivity contribution in [3.63, 3.8) is 0 Å². The minimum Gasteiger partial charge on any atom is -0.444 e. The van der Waals surface area contributed by atoms with Crippen molar-refractivity contribution in [1.29, 1.82) is 0 Å². The van der Waals surface area contributed by atoms with Gasteiger partial charge in [0.25, 0.3) is 0 Å². The molecule has 1 amide bonds. The zero-order valence-corrected chi connectivity index (χ0v) is 10.5. The first-order valence-corrected chi connectivity index (χ1v) is 5.82. The Bertz CT molecular complexity index is 266. The molecule has 4 nitrogen and oxygen atoms in total. The second-order valence-electron chi connectivity index (χ2n) is 5.35. The molecule has 16 heavy (non-hydrogen) atoms. The van der Waals surface area contributed by atoms with Crippen molar-refractivity contribution in [1.82, 2.24) is 4.90 Å². The Morgan fingerprint density at radius 2 is 2.00 bits per heavy atom. The smallest absolute Gasteiger partial charge is 0.411 e. The van der Waals surface area contributed by atoms with Gasteiger partial charge >= 0.3 is 6.09 Å². The van der Waals surface area contributed by atoms with Gasteiger partial charge in [-0.05, 0) is 47.0 Å². The Hall–Kier alpha value is -1.06. The van der Waals surface area contributed by atoms with Gasteiger partial charge in [0.1, 0.15) is 11.9 Å². The van der Waals surface area contributed by atoms with Crippen LogP contribution >= 0.6 is 0 Å². The van der Waals surface area contributed by atoms with Gasteiger partial charge in [-0.25, -0.2) is 4.79 Å². The fourth-order valence-corrected chi connectivity index (χ4v) is 1.69. The van der Waals surface area contributed by atoms with E-state index in [0.29, 0.717) is 0 Å². The summed E-state index contributed by atoms with van der Waals surface area (Å²) >= 11 is 0. The predicted molar refractivity (Wildman–Crippen MR) is 61.2 cm³/mol. The van der Waals surface area contributed by atoms with Crippen LogP contribution in [0.5, 0.6) is 0 Å². The van der Waals surface area contributed by atoms with E-state index < -0.39 is 11.6 Å². The summed E-state index contributed by atoms with van der Waals surface area (Å²) in [6.45, 7) is 7.22. The van der Waals surface area contributed by atoms with E-state index in [0.717, 1.165) is 25.5 Å². The molecule has 1 unspecified atom stereocenters. The van der Waals surface area contributed by atoms with E-state index >= 15 is 0 Å². The Morgan fingerprint density at radius 3 is 2.31 bits per heavy atom. The second-order valence-corrected chi connectivity index (χ2v) is 5.35. The third kappa shape index (κ3) is 3.22. The molecule has 0 N–H and O–H groups in total. The first-order chi connectivity index (χ1) is 7.35. The van der Waals surface area contributed by atoms with Crippen LogP contribution < -0.4 is 0 Å². The first-order valence-electron chi connectivity index (χ1n) is 5.82. The maximum atomic E-state index is 11.9. The largest absolute Gasteiger partial charge is 0.444 e. The number of aldehydes is 1. The summed E-state index contributed by atoms with van der Waals surface area (Å²) in [5.41, 5.74) is -0.512. The molecule has 92 valence electrons. The second kappa shape index (κ2) is 4.85. The summed E-state index contributed by atoms with van der Waals surface area (Å²) in [7, 11) is 0. The van der Waals surface area contributed by atoms with Gasteiger partial charge in [0.05, 0.1) is 6.04 Å². The molecule has 0 aliphatic heterocycles. The number of ether oxygens (including phenoxy) is 1. The van der Waals surface area contributed by atoms with Gasteiger partial charge in [-0.2, -0.15) is 0 Å². The maximum absolute atomic E-state index is 11.9. The molecule has 1 aliphatic rings. The van der Waals surface area contributed by atoms with Crippen molar-refractivity contribution in [2.45, 2.75) is 64.6 Å². The lowest BCUT2D eigenvalue weighted by Crippen LogP contribution is -2.51. The van der Waals surface area contributed by atoms with Crippen molar-refractivity contribution in [2.75, 3.05) is 0 Å². The van der Waals surface area contributed by atoms with Crippen LogP contribution in [0.4, 0.5) is 4.79 Å². The van der Waals surface area contributed by atoms with Crippen molar-refractivity contribution < 1.29 is 14.3 Å². The van der Waals surface area contributed by atoms with Gasteiger partial charge in [-0.3, -0.25) is 4.90 Å². The number of hydrogen-bond acceptors (Lipinski definition) is 3. The molecule has 0 bridgehead atoms. The highest BCUT2D eigenvalue weighted by molar-refractivity contribution is 5.74. The zero-order valence-electron chi connectivity index (χ0n) is 10.5. The Kier molecular flexibility index (Phi) is 3.94. The monoisotopic (exact) mass is 227 g/mol. The Labute approximate surface area is 96.9 Å². The molecule has 1 fully saturated rings. The summed E-state index contributed by atoms with van der Waals surface area (Å²) in [5, 5.41) is 0. The highest BCUT2D eigenvalue weighted by Crippen LogP contribution is 2.27. The third-order valence-corrected chi connectivity index (χ3v) is 2.71. The lowest BCUT2D eigenvalue weighted by Gasteiger charge is -2.40. The molecule has 1 saturated carbocycles. The van der Waals surface area contributed by atoms with Crippen molar-refractivity contribution in [3.05, 3.63) is 0 Å². The van der Waals surface area contributed by atoms with Crippen molar-refractivity contribution >= 4 is 12.4 Å². The number of carbonyl (C=O) groups is 2. The summed E-state index contributed by atoms with van der Waals surface area (Å²) in [4.78, 5) is 24.3. The molecule has 0 aromatic rings. The molecule has 0 aromatic carbocycles. The van der Waals surface area contributed by atoms with Crippen molar-refractivity contribution in [3.8, 4) is 0 Å². The SMILES string of the molecule is CC(C=O)N(C(=O)OC(C)(C)C)C1CCC1. The van der Waals surface area contributed by atoms with Gasteiger partial charge in [0, 0.05) is 6.04 Å². The normalized spacial score (nSPS) is 18.5. The average Bonchev–Trinajstić information content (AvgIpc) is 2.06. The molecule has 1 atom stereocenters. The zero-order chi connectivity index (χ0) is 12.3. The number of amides is 1. The van der Waals surface area contributed by atoms with E-state index in [4.69, 9.17) is 4.74 Å². The number of nitrogens with zero attached hydrogens (tertiary/aromatic N) is 1. The van der Waals surface area contributed by atoms with Gasteiger partial charge in [0.2, 0.25) is 0 Å². The summed E-state index contributed by atoms with van der Waals surface area (Å²) in [6, 6.07) is -0.227.